The van der Waals surface area contributed by atoms with Crippen molar-refractivity contribution in [2.24, 2.45) is 0 Å². The molecule has 4 aromatic rings. The number of hydrogen-bond donors (Lipinski definition) is 0. The number of aromatic nitrogens is 1. The van der Waals surface area contributed by atoms with Crippen LogP contribution >= 0.6 is 15.9 Å². The highest BCUT2D eigenvalue weighted by Gasteiger charge is 2.27. The standard InChI is InChI=1S/C26H26BrN3O3/c1-18(2)29(3)26-23(24(28-33-26)19-9-5-4-6-10-19)17-30(16-22-13-8-14-32-22)25(31)20-11-7-12-21(27)15-20/h4-15,18H,16-17H2,1-3H3. The van der Waals surface area contributed by atoms with Crippen molar-refractivity contribution < 1.29 is 13.7 Å². The van der Waals surface area contributed by atoms with Crippen LogP contribution < -0.4 is 4.90 Å². The largest absolute Gasteiger partial charge is 0.467 e. The predicted octanol–water partition coefficient (Wildman–Crippen LogP) is 6.38. The topological polar surface area (TPSA) is 62.7 Å². The Morgan fingerprint density at radius 2 is 1.82 bits per heavy atom. The zero-order valence-electron chi connectivity index (χ0n) is 18.9. The summed E-state index contributed by atoms with van der Waals surface area (Å²) in [5.41, 5.74) is 3.11. The summed E-state index contributed by atoms with van der Waals surface area (Å²) in [6.07, 6.45) is 1.61. The molecule has 0 atom stereocenters. The second-order valence-electron chi connectivity index (χ2n) is 8.14. The third-order valence-corrected chi connectivity index (χ3v) is 6.04. The maximum atomic E-state index is 13.6. The second-order valence-corrected chi connectivity index (χ2v) is 9.05. The molecule has 0 saturated heterocycles. The summed E-state index contributed by atoms with van der Waals surface area (Å²) in [6.45, 7) is 4.80. The Kier molecular flexibility index (Phi) is 6.99. The summed E-state index contributed by atoms with van der Waals surface area (Å²) in [6, 6.07) is 21.2. The van der Waals surface area contributed by atoms with Crippen LogP contribution in [-0.4, -0.2) is 29.1 Å². The molecule has 0 aliphatic carbocycles. The summed E-state index contributed by atoms with van der Waals surface area (Å²) in [5, 5.41) is 4.40. The maximum Gasteiger partial charge on any atom is 0.254 e. The zero-order chi connectivity index (χ0) is 23.4. The first-order valence-electron chi connectivity index (χ1n) is 10.8. The highest BCUT2D eigenvalue weighted by atomic mass is 79.9. The molecule has 0 spiro atoms. The molecule has 2 aromatic heterocycles. The number of hydrogen-bond acceptors (Lipinski definition) is 5. The third kappa shape index (κ3) is 5.20. The molecule has 7 heteroatoms. The van der Waals surface area contributed by atoms with Crippen molar-refractivity contribution in [1.82, 2.24) is 10.1 Å². The first-order chi connectivity index (χ1) is 15.9. The normalized spacial score (nSPS) is 11.1. The predicted molar refractivity (Wildman–Crippen MR) is 132 cm³/mol. The number of anilines is 1. The van der Waals surface area contributed by atoms with Crippen molar-refractivity contribution in [2.45, 2.75) is 33.0 Å². The van der Waals surface area contributed by atoms with Crippen molar-refractivity contribution in [3.8, 4) is 11.3 Å². The van der Waals surface area contributed by atoms with Gasteiger partial charge in [-0.15, -0.1) is 0 Å². The van der Waals surface area contributed by atoms with Gasteiger partial charge in [-0.2, -0.15) is 0 Å². The minimum absolute atomic E-state index is 0.105. The van der Waals surface area contributed by atoms with Gasteiger partial charge in [0.1, 0.15) is 11.5 Å². The Morgan fingerprint density at radius 3 is 2.48 bits per heavy atom. The van der Waals surface area contributed by atoms with Gasteiger partial charge in [0, 0.05) is 28.7 Å². The van der Waals surface area contributed by atoms with E-state index >= 15 is 0 Å². The molecule has 6 nitrogen and oxygen atoms in total. The first-order valence-corrected chi connectivity index (χ1v) is 11.6. The Hall–Kier alpha value is -3.32. The van der Waals surface area contributed by atoms with Crippen molar-refractivity contribution in [2.75, 3.05) is 11.9 Å². The Morgan fingerprint density at radius 1 is 1.03 bits per heavy atom. The van der Waals surface area contributed by atoms with E-state index in [1.165, 1.54) is 0 Å². The lowest BCUT2D eigenvalue weighted by atomic mass is 10.1. The minimum Gasteiger partial charge on any atom is -0.467 e. The second kappa shape index (κ2) is 10.1. The van der Waals surface area contributed by atoms with Gasteiger partial charge in [-0.1, -0.05) is 57.5 Å². The minimum atomic E-state index is -0.105. The lowest BCUT2D eigenvalue weighted by Crippen LogP contribution is -2.32. The van der Waals surface area contributed by atoms with E-state index in [2.05, 4.69) is 34.9 Å². The Bertz CT molecular complexity index is 1200. The number of carbonyl (C=O) groups is 1. The third-order valence-electron chi connectivity index (χ3n) is 5.54. The van der Waals surface area contributed by atoms with Crippen LogP contribution in [0.2, 0.25) is 0 Å². The number of nitrogens with zero attached hydrogens (tertiary/aromatic N) is 3. The molecule has 0 fully saturated rings. The van der Waals surface area contributed by atoms with Gasteiger partial charge < -0.3 is 18.7 Å². The molecule has 1 amide bonds. The van der Waals surface area contributed by atoms with Crippen LogP contribution in [0, 0.1) is 0 Å². The Labute approximate surface area is 201 Å². The quantitative estimate of drug-likeness (QED) is 0.276. The van der Waals surface area contributed by atoms with Gasteiger partial charge in [0.2, 0.25) is 5.88 Å². The molecule has 2 aromatic carbocycles. The number of rotatable bonds is 8. The van der Waals surface area contributed by atoms with Crippen molar-refractivity contribution >= 4 is 27.7 Å². The zero-order valence-corrected chi connectivity index (χ0v) is 20.5. The highest BCUT2D eigenvalue weighted by molar-refractivity contribution is 9.10. The SMILES string of the molecule is CC(C)N(C)c1onc(-c2ccccc2)c1CN(Cc1ccco1)C(=O)c1cccc(Br)c1. The lowest BCUT2D eigenvalue weighted by molar-refractivity contribution is 0.0718. The summed E-state index contributed by atoms with van der Waals surface area (Å²) in [7, 11) is 1.97. The fourth-order valence-corrected chi connectivity index (χ4v) is 3.96. The van der Waals surface area contributed by atoms with Crippen LogP contribution in [0.25, 0.3) is 11.3 Å². The molecule has 0 N–H and O–H groups in total. The van der Waals surface area contributed by atoms with Crippen LogP contribution in [0.4, 0.5) is 5.88 Å². The van der Waals surface area contributed by atoms with Gasteiger partial charge in [0.05, 0.1) is 24.9 Å². The molecule has 0 bridgehead atoms. The van der Waals surface area contributed by atoms with E-state index in [0.717, 1.165) is 21.3 Å². The van der Waals surface area contributed by atoms with Gasteiger partial charge in [0.15, 0.2) is 0 Å². The number of amides is 1. The Balaban J connectivity index is 1.77. The van der Waals surface area contributed by atoms with E-state index < -0.39 is 0 Å². The fourth-order valence-electron chi connectivity index (χ4n) is 3.56. The van der Waals surface area contributed by atoms with E-state index in [1.807, 2.05) is 78.7 Å². The average molecular weight is 508 g/mol. The summed E-state index contributed by atoms with van der Waals surface area (Å²) in [5.74, 6) is 1.25. The molecule has 170 valence electrons. The molecule has 33 heavy (non-hydrogen) atoms. The smallest absolute Gasteiger partial charge is 0.254 e. The molecule has 4 rings (SSSR count). The first kappa shape index (κ1) is 22.9. The number of furan rings is 1. The van der Waals surface area contributed by atoms with E-state index in [1.54, 1.807) is 11.2 Å². The van der Waals surface area contributed by atoms with Crippen molar-refractivity contribution in [3.05, 3.63) is 94.4 Å². The summed E-state index contributed by atoms with van der Waals surface area (Å²) < 4.78 is 12.2. The summed E-state index contributed by atoms with van der Waals surface area (Å²) in [4.78, 5) is 17.4. The average Bonchev–Trinajstić information content (AvgIpc) is 3.48. The molecule has 0 unspecified atom stereocenters. The molecule has 0 radical (unpaired) electrons. The van der Waals surface area contributed by atoms with E-state index in [9.17, 15) is 4.79 Å². The van der Waals surface area contributed by atoms with Crippen LogP contribution in [0.15, 0.2) is 86.4 Å². The van der Waals surface area contributed by atoms with Gasteiger partial charge in [-0.3, -0.25) is 4.79 Å². The molecule has 2 heterocycles. The number of carbonyl (C=O) groups excluding carboxylic acids is 1. The van der Waals surface area contributed by atoms with Gasteiger partial charge in [-0.05, 0) is 44.2 Å². The fraction of sp³-hybridized carbons (Fsp3) is 0.231. The molecule has 0 saturated carbocycles. The molecular formula is C26H26BrN3O3. The maximum absolute atomic E-state index is 13.6. The highest BCUT2D eigenvalue weighted by Crippen LogP contribution is 2.33. The lowest BCUT2D eigenvalue weighted by Gasteiger charge is -2.25. The molecule has 0 aliphatic heterocycles. The number of halogens is 1. The summed E-state index contributed by atoms with van der Waals surface area (Å²) >= 11 is 3.47. The monoisotopic (exact) mass is 507 g/mol. The van der Waals surface area contributed by atoms with Crippen LogP contribution in [0.3, 0.4) is 0 Å². The van der Waals surface area contributed by atoms with Crippen LogP contribution in [-0.2, 0) is 13.1 Å². The van der Waals surface area contributed by atoms with Crippen molar-refractivity contribution in [3.63, 3.8) is 0 Å². The van der Waals surface area contributed by atoms with Crippen LogP contribution in [0.1, 0.15) is 35.5 Å². The molecular weight excluding hydrogens is 482 g/mol. The van der Waals surface area contributed by atoms with Gasteiger partial charge in [0.25, 0.3) is 5.91 Å². The van der Waals surface area contributed by atoms with Crippen molar-refractivity contribution in [1.29, 1.82) is 0 Å². The van der Waals surface area contributed by atoms with Gasteiger partial charge in [-0.25, -0.2) is 0 Å². The van der Waals surface area contributed by atoms with Crippen LogP contribution in [0.5, 0.6) is 0 Å². The van der Waals surface area contributed by atoms with E-state index in [0.29, 0.717) is 30.3 Å². The molecule has 0 aliphatic rings. The van der Waals surface area contributed by atoms with E-state index in [4.69, 9.17) is 8.94 Å². The number of benzene rings is 2. The van der Waals surface area contributed by atoms with Gasteiger partial charge >= 0.3 is 0 Å². The van der Waals surface area contributed by atoms with E-state index in [-0.39, 0.29) is 11.9 Å².